The van der Waals surface area contributed by atoms with Gasteiger partial charge in [-0.2, -0.15) is 0 Å². The molecule has 1 aromatic rings. The maximum absolute atomic E-state index is 9.98. The second kappa shape index (κ2) is 3.34. The summed E-state index contributed by atoms with van der Waals surface area (Å²) in [5.74, 6) is 0.414. The van der Waals surface area contributed by atoms with Crippen LogP contribution in [0, 0.1) is 6.92 Å². The van der Waals surface area contributed by atoms with Crippen molar-refractivity contribution >= 4 is 5.82 Å². The van der Waals surface area contributed by atoms with E-state index in [1.165, 1.54) is 0 Å². The van der Waals surface area contributed by atoms with Gasteiger partial charge in [0, 0.05) is 11.8 Å². The number of anilines is 1. The van der Waals surface area contributed by atoms with Crippen molar-refractivity contribution in [3.05, 3.63) is 23.4 Å². The molecular weight excluding hydrogens is 164 g/mol. The van der Waals surface area contributed by atoms with Crippen LogP contribution >= 0.6 is 0 Å². The van der Waals surface area contributed by atoms with Crippen molar-refractivity contribution in [1.82, 2.24) is 4.98 Å². The van der Waals surface area contributed by atoms with Crippen molar-refractivity contribution < 1.29 is 5.11 Å². The van der Waals surface area contributed by atoms with Crippen LogP contribution in [-0.4, -0.2) is 10.1 Å². The molecule has 0 spiro atoms. The van der Waals surface area contributed by atoms with Crippen LogP contribution in [0.3, 0.4) is 0 Å². The highest BCUT2D eigenvalue weighted by molar-refractivity contribution is 5.44. The van der Waals surface area contributed by atoms with Gasteiger partial charge in [0.2, 0.25) is 0 Å². The minimum atomic E-state index is -0.872. The number of hydrogen-bond acceptors (Lipinski definition) is 3. The summed E-state index contributed by atoms with van der Waals surface area (Å²) in [7, 11) is 0. The largest absolute Gasteiger partial charge is 0.385 e. The van der Waals surface area contributed by atoms with E-state index in [2.05, 4.69) is 4.98 Å². The molecule has 13 heavy (non-hydrogen) atoms. The van der Waals surface area contributed by atoms with E-state index in [1.54, 1.807) is 13.1 Å². The first kappa shape index (κ1) is 9.99. The third-order valence-corrected chi connectivity index (χ3v) is 2.32. The van der Waals surface area contributed by atoms with Gasteiger partial charge in [0.1, 0.15) is 5.82 Å². The van der Waals surface area contributed by atoms with Gasteiger partial charge in [-0.15, -0.1) is 0 Å². The van der Waals surface area contributed by atoms with Crippen LogP contribution < -0.4 is 5.73 Å². The molecule has 3 heteroatoms. The fourth-order valence-electron chi connectivity index (χ4n) is 1.20. The maximum Gasteiger partial charge on any atom is 0.129 e. The smallest absolute Gasteiger partial charge is 0.129 e. The molecule has 0 saturated heterocycles. The van der Waals surface area contributed by atoms with Gasteiger partial charge in [0.25, 0.3) is 0 Å². The molecule has 1 heterocycles. The molecule has 0 amide bonds. The van der Waals surface area contributed by atoms with Crippen molar-refractivity contribution in [2.75, 3.05) is 5.73 Å². The van der Waals surface area contributed by atoms with Gasteiger partial charge in [-0.3, -0.25) is 0 Å². The molecule has 0 aliphatic heterocycles. The number of pyridine rings is 1. The molecule has 0 bridgehead atoms. The van der Waals surface area contributed by atoms with Gasteiger partial charge in [-0.05, 0) is 31.9 Å². The first-order valence-electron chi connectivity index (χ1n) is 4.42. The van der Waals surface area contributed by atoms with Crippen molar-refractivity contribution in [3.8, 4) is 0 Å². The van der Waals surface area contributed by atoms with Crippen molar-refractivity contribution in [1.29, 1.82) is 0 Å². The number of aryl methyl sites for hydroxylation is 1. The number of rotatable bonds is 2. The Kier molecular flexibility index (Phi) is 2.57. The van der Waals surface area contributed by atoms with Gasteiger partial charge < -0.3 is 10.8 Å². The van der Waals surface area contributed by atoms with E-state index in [9.17, 15) is 5.11 Å². The maximum atomic E-state index is 9.98. The van der Waals surface area contributed by atoms with E-state index in [0.717, 1.165) is 11.1 Å². The minimum absolute atomic E-state index is 0.414. The molecule has 1 rings (SSSR count). The lowest BCUT2D eigenvalue weighted by atomic mass is 9.93. The lowest BCUT2D eigenvalue weighted by Gasteiger charge is -2.23. The van der Waals surface area contributed by atoms with Crippen molar-refractivity contribution in [2.45, 2.75) is 32.8 Å². The minimum Gasteiger partial charge on any atom is -0.385 e. The lowest BCUT2D eigenvalue weighted by molar-refractivity contribution is 0.0535. The Morgan fingerprint density at radius 1 is 1.62 bits per heavy atom. The predicted octanol–water partition coefficient (Wildman–Crippen LogP) is 1.59. The molecule has 0 saturated carbocycles. The first-order valence-corrected chi connectivity index (χ1v) is 4.42. The number of nitrogen functional groups attached to an aromatic ring is 1. The highest BCUT2D eigenvalue weighted by atomic mass is 16.3. The Morgan fingerprint density at radius 3 is 2.77 bits per heavy atom. The van der Waals surface area contributed by atoms with E-state index < -0.39 is 5.60 Å². The molecule has 1 unspecified atom stereocenters. The van der Waals surface area contributed by atoms with Gasteiger partial charge >= 0.3 is 0 Å². The number of nitrogens with two attached hydrogens (primary N) is 1. The molecule has 0 aromatic carbocycles. The molecule has 0 radical (unpaired) electrons. The van der Waals surface area contributed by atoms with Gasteiger partial charge in [-0.25, -0.2) is 4.98 Å². The average Bonchev–Trinajstić information content (AvgIpc) is 2.09. The zero-order chi connectivity index (χ0) is 10.1. The third-order valence-electron chi connectivity index (χ3n) is 2.32. The van der Waals surface area contributed by atoms with Crippen LogP contribution in [0.1, 0.15) is 31.4 Å². The second-order valence-corrected chi connectivity index (χ2v) is 3.57. The standard InChI is InChI=1S/C10H16N2O/c1-4-10(3,13)8-5-7(2)6-12-9(8)11/h5-6,13H,4H2,1-3H3,(H2,11,12). The molecular formula is C10H16N2O. The summed E-state index contributed by atoms with van der Waals surface area (Å²) in [5.41, 5.74) is 6.54. The third kappa shape index (κ3) is 1.98. The summed E-state index contributed by atoms with van der Waals surface area (Å²) in [6.45, 7) is 5.60. The van der Waals surface area contributed by atoms with Crippen molar-refractivity contribution in [3.63, 3.8) is 0 Å². The Balaban J connectivity index is 3.20. The Morgan fingerprint density at radius 2 is 2.23 bits per heavy atom. The van der Waals surface area contributed by atoms with E-state index in [1.807, 2.05) is 19.9 Å². The van der Waals surface area contributed by atoms with Gasteiger partial charge in [0.15, 0.2) is 0 Å². The van der Waals surface area contributed by atoms with Crippen LogP contribution in [-0.2, 0) is 5.60 Å². The van der Waals surface area contributed by atoms with Crippen LogP contribution in [0.5, 0.6) is 0 Å². The van der Waals surface area contributed by atoms with Crippen LogP contribution in [0.25, 0.3) is 0 Å². The molecule has 3 nitrogen and oxygen atoms in total. The molecule has 1 atom stereocenters. The fourth-order valence-corrected chi connectivity index (χ4v) is 1.20. The van der Waals surface area contributed by atoms with Crippen LogP contribution in [0.4, 0.5) is 5.82 Å². The Labute approximate surface area is 78.6 Å². The Bertz CT molecular complexity index is 308. The average molecular weight is 180 g/mol. The molecule has 0 fully saturated rings. The van der Waals surface area contributed by atoms with Crippen molar-refractivity contribution in [2.24, 2.45) is 0 Å². The number of hydrogen-bond donors (Lipinski definition) is 2. The quantitative estimate of drug-likeness (QED) is 0.726. The molecule has 3 N–H and O–H groups in total. The number of aliphatic hydroxyl groups is 1. The zero-order valence-electron chi connectivity index (χ0n) is 8.33. The van der Waals surface area contributed by atoms with E-state index in [-0.39, 0.29) is 0 Å². The number of aromatic nitrogens is 1. The zero-order valence-corrected chi connectivity index (χ0v) is 8.33. The summed E-state index contributed by atoms with van der Waals surface area (Å²) in [4.78, 5) is 4.01. The van der Waals surface area contributed by atoms with Crippen LogP contribution in [0.2, 0.25) is 0 Å². The van der Waals surface area contributed by atoms with Gasteiger partial charge in [-0.1, -0.05) is 6.92 Å². The normalized spacial score (nSPS) is 15.4. The fraction of sp³-hybridized carbons (Fsp3) is 0.500. The van der Waals surface area contributed by atoms with Crippen LogP contribution in [0.15, 0.2) is 12.3 Å². The highest BCUT2D eigenvalue weighted by Gasteiger charge is 2.23. The van der Waals surface area contributed by atoms with E-state index in [0.29, 0.717) is 12.2 Å². The van der Waals surface area contributed by atoms with Gasteiger partial charge in [0.05, 0.1) is 5.60 Å². The Hall–Kier alpha value is -1.09. The monoisotopic (exact) mass is 180 g/mol. The highest BCUT2D eigenvalue weighted by Crippen LogP contribution is 2.28. The summed E-state index contributed by atoms with van der Waals surface area (Å²) in [6, 6.07) is 1.88. The lowest BCUT2D eigenvalue weighted by Crippen LogP contribution is -2.22. The summed E-state index contributed by atoms with van der Waals surface area (Å²) in [5, 5.41) is 9.98. The summed E-state index contributed by atoms with van der Waals surface area (Å²) < 4.78 is 0. The molecule has 0 aliphatic rings. The summed E-state index contributed by atoms with van der Waals surface area (Å²) in [6.07, 6.45) is 2.33. The van der Waals surface area contributed by atoms with E-state index >= 15 is 0 Å². The predicted molar refractivity (Wildman–Crippen MR) is 53.2 cm³/mol. The molecule has 0 aliphatic carbocycles. The second-order valence-electron chi connectivity index (χ2n) is 3.57. The molecule has 72 valence electrons. The molecule has 1 aromatic heterocycles. The summed E-state index contributed by atoms with van der Waals surface area (Å²) >= 11 is 0. The SMILES string of the molecule is CCC(C)(O)c1cc(C)cnc1N. The topological polar surface area (TPSA) is 59.1 Å². The number of nitrogens with zero attached hydrogens (tertiary/aromatic N) is 1. The van der Waals surface area contributed by atoms with E-state index in [4.69, 9.17) is 5.73 Å². The first-order chi connectivity index (χ1) is 5.97.